The average Bonchev–Trinajstić information content (AvgIpc) is 3.18. The second-order valence-corrected chi connectivity index (χ2v) is 10.3. The molecule has 192 valence electrons. The molecule has 3 N–H and O–H groups in total. The van der Waals surface area contributed by atoms with Crippen molar-refractivity contribution in [2.75, 3.05) is 26.0 Å². The zero-order valence-electron chi connectivity index (χ0n) is 21.3. The fourth-order valence-corrected chi connectivity index (χ4v) is 6.14. The maximum absolute atomic E-state index is 13.5. The predicted octanol–water partition coefficient (Wildman–Crippen LogP) is 3.39. The molecule has 3 aromatic rings. The Kier molecular flexibility index (Phi) is 7.90. The van der Waals surface area contributed by atoms with Gasteiger partial charge in [-0.2, -0.15) is 0 Å². The van der Waals surface area contributed by atoms with E-state index in [1.807, 2.05) is 50.4 Å². The van der Waals surface area contributed by atoms with E-state index in [0.717, 1.165) is 40.0 Å². The fourth-order valence-electron chi connectivity index (χ4n) is 5.44. The molecule has 0 spiro atoms. The number of likely N-dealkylation sites (tertiary alicyclic amines) is 1. The van der Waals surface area contributed by atoms with Crippen molar-refractivity contribution in [3.8, 4) is 0 Å². The van der Waals surface area contributed by atoms with Crippen molar-refractivity contribution in [1.82, 2.24) is 19.8 Å². The van der Waals surface area contributed by atoms with Crippen LogP contribution in [0.3, 0.4) is 0 Å². The number of aliphatic hydroxyl groups excluding tert-OH is 1. The molecule has 8 nitrogen and oxygen atoms in total. The van der Waals surface area contributed by atoms with E-state index in [1.165, 1.54) is 11.8 Å². The van der Waals surface area contributed by atoms with Crippen molar-refractivity contribution >= 4 is 34.5 Å². The lowest BCUT2D eigenvalue weighted by atomic mass is 9.90. The first kappa shape index (κ1) is 26.0. The quantitative estimate of drug-likeness (QED) is 0.423. The largest absolute Gasteiger partial charge is 0.387 e. The zero-order valence-corrected chi connectivity index (χ0v) is 22.1. The van der Waals surface area contributed by atoms with Gasteiger partial charge in [0.15, 0.2) is 0 Å². The number of fused-ring (bicyclic) bond motifs is 1. The van der Waals surface area contributed by atoms with Crippen LogP contribution in [0.25, 0.3) is 10.9 Å². The molecule has 1 aromatic carbocycles. The van der Waals surface area contributed by atoms with Gasteiger partial charge in [-0.05, 0) is 57.9 Å². The van der Waals surface area contributed by atoms with Crippen molar-refractivity contribution in [1.29, 1.82) is 0 Å². The molecule has 2 aromatic heterocycles. The van der Waals surface area contributed by atoms with Crippen LogP contribution in [0.1, 0.15) is 53.1 Å². The van der Waals surface area contributed by atoms with Gasteiger partial charge in [0.2, 0.25) is 5.91 Å². The van der Waals surface area contributed by atoms with E-state index in [2.05, 4.69) is 21.8 Å². The monoisotopic (exact) mass is 510 g/mol. The molecule has 1 saturated heterocycles. The van der Waals surface area contributed by atoms with Gasteiger partial charge in [0.05, 0.1) is 5.56 Å². The molecule has 0 bridgehead atoms. The summed E-state index contributed by atoms with van der Waals surface area (Å²) in [5.74, 6) is -0.0850. The van der Waals surface area contributed by atoms with E-state index in [4.69, 9.17) is 5.11 Å². The highest BCUT2D eigenvalue weighted by Gasteiger charge is 2.30. The van der Waals surface area contributed by atoms with E-state index >= 15 is 0 Å². The van der Waals surface area contributed by atoms with Crippen molar-refractivity contribution in [2.24, 2.45) is 5.92 Å². The van der Waals surface area contributed by atoms with Gasteiger partial charge >= 0.3 is 0 Å². The number of H-pyrrole nitrogens is 1. The van der Waals surface area contributed by atoms with Gasteiger partial charge in [0.1, 0.15) is 6.61 Å². The SMILES string of the molecule is CSc1cc(C)[nH]c(=O)c1CNC(=O)c1c(C)n([C@H](C)C2CCN(C(=O)CO)CC2)c2ccccc12. The highest BCUT2D eigenvalue weighted by atomic mass is 32.2. The van der Waals surface area contributed by atoms with E-state index in [1.54, 1.807) is 4.90 Å². The molecule has 4 rings (SSSR count). The lowest BCUT2D eigenvalue weighted by Crippen LogP contribution is -2.41. The van der Waals surface area contributed by atoms with Crippen LogP contribution in [0.4, 0.5) is 0 Å². The molecule has 1 aliphatic rings. The second-order valence-electron chi connectivity index (χ2n) is 9.48. The predicted molar refractivity (Wildman–Crippen MR) is 143 cm³/mol. The number of carbonyl (C=O) groups excluding carboxylic acids is 2. The number of aromatic amines is 1. The van der Waals surface area contributed by atoms with Crippen molar-refractivity contribution in [2.45, 2.75) is 51.1 Å². The van der Waals surface area contributed by atoms with Crippen molar-refractivity contribution in [3.63, 3.8) is 0 Å². The minimum atomic E-state index is -0.451. The molecule has 0 unspecified atom stereocenters. The Morgan fingerprint density at radius 1 is 1.22 bits per heavy atom. The van der Waals surface area contributed by atoms with E-state index < -0.39 is 6.61 Å². The lowest BCUT2D eigenvalue weighted by molar-refractivity contribution is -0.135. The van der Waals surface area contributed by atoms with E-state index in [-0.39, 0.29) is 30.0 Å². The molecule has 0 aliphatic carbocycles. The average molecular weight is 511 g/mol. The number of amides is 2. The Hall–Kier alpha value is -3.04. The van der Waals surface area contributed by atoms with Crippen molar-refractivity contribution < 1.29 is 14.7 Å². The zero-order chi connectivity index (χ0) is 26.0. The molecule has 1 fully saturated rings. The topological polar surface area (TPSA) is 107 Å². The molecule has 0 saturated carbocycles. The Labute approximate surface area is 215 Å². The smallest absolute Gasteiger partial charge is 0.254 e. The number of para-hydroxylation sites is 1. The number of aromatic nitrogens is 2. The Morgan fingerprint density at radius 3 is 2.58 bits per heavy atom. The molecule has 2 amide bonds. The van der Waals surface area contributed by atoms with E-state index in [9.17, 15) is 14.4 Å². The standard InChI is InChI=1S/C27H34N4O4S/c1-16-13-23(36-4)21(26(34)29-16)14-28-27(35)25-18(3)31(22-8-6-5-7-20(22)25)17(2)19-9-11-30(12-10-19)24(33)15-32/h5-8,13,17,19,32H,9-12,14-15H2,1-4H3,(H,28,35)(H,29,34)/t17-/m1/s1. The minimum absolute atomic E-state index is 0.130. The lowest BCUT2D eigenvalue weighted by Gasteiger charge is -2.36. The van der Waals surface area contributed by atoms with Crippen LogP contribution in [0.2, 0.25) is 0 Å². The van der Waals surface area contributed by atoms with Gasteiger partial charge < -0.3 is 24.9 Å². The van der Waals surface area contributed by atoms with Crippen LogP contribution < -0.4 is 10.9 Å². The maximum Gasteiger partial charge on any atom is 0.254 e. The third kappa shape index (κ3) is 4.95. The summed E-state index contributed by atoms with van der Waals surface area (Å²) in [4.78, 5) is 43.3. The number of pyridine rings is 1. The number of aryl methyl sites for hydroxylation is 1. The van der Waals surface area contributed by atoms with Gasteiger partial charge in [-0.15, -0.1) is 11.8 Å². The number of nitrogens with zero attached hydrogens (tertiary/aromatic N) is 2. The highest BCUT2D eigenvalue weighted by molar-refractivity contribution is 7.98. The molecular weight excluding hydrogens is 476 g/mol. The van der Waals surface area contributed by atoms with Crippen LogP contribution in [0, 0.1) is 19.8 Å². The fraction of sp³-hybridized carbons (Fsp3) is 0.444. The first-order chi connectivity index (χ1) is 17.3. The van der Waals surface area contributed by atoms with Gasteiger partial charge in [0.25, 0.3) is 11.5 Å². The number of hydrogen-bond acceptors (Lipinski definition) is 5. The first-order valence-electron chi connectivity index (χ1n) is 12.3. The molecule has 1 atom stereocenters. The van der Waals surface area contributed by atoms with Gasteiger partial charge in [-0.3, -0.25) is 14.4 Å². The number of benzene rings is 1. The number of nitrogens with one attached hydrogen (secondary N) is 2. The summed E-state index contributed by atoms with van der Waals surface area (Å²) in [5, 5.41) is 13.0. The third-order valence-corrected chi connectivity index (χ3v) is 8.18. The minimum Gasteiger partial charge on any atom is -0.387 e. The molecule has 3 heterocycles. The third-order valence-electron chi connectivity index (χ3n) is 7.38. The molecular formula is C27H34N4O4S. The van der Waals surface area contributed by atoms with Crippen molar-refractivity contribution in [3.05, 3.63) is 63.2 Å². The summed E-state index contributed by atoms with van der Waals surface area (Å²) < 4.78 is 2.24. The molecule has 1 aliphatic heterocycles. The summed E-state index contributed by atoms with van der Waals surface area (Å²) in [7, 11) is 0. The van der Waals surface area contributed by atoms with E-state index in [0.29, 0.717) is 30.1 Å². The summed E-state index contributed by atoms with van der Waals surface area (Å²) >= 11 is 1.49. The summed E-state index contributed by atoms with van der Waals surface area (Å²) in [6.07, 6.45) is 3.60. The van der Waals surface area contributed by atoms with Crippen LogP contribution in [0.5, 0.6) is 0 Å². The summed E-state index contributed by atoms with van der Waals surface area (Å²) in [6.45, 7) is 6.94. The Balaban J connectivity index is 1.60. The van der Waals surface area contributed by atoms with Crippen LogP contribution in [-0.4, -0.2) is 57.3 Å². The molecule has 9 heteroatoms. The van der Waals surface area contributed by atoms with Crippen LogP contribution in [0.15, 0.2) is 40.0 Å². The van der Waals surface area contributed by atoms with Gasteiger partial charge in [-0.1, -0.05) is 18.2 Å². The molecule has 36 heavy (non-hydrogen) atoms. The normalized spacial score (nSPS) is 15.3. The summed E-state index contributed by atoms with van der Waals surface area (Å²) in [6, 6.07) is 9.97. The molecule has 0 radical (unpaired) electrons. The number of piperidine rings is 1. The van der Waals surface area contributed by atoms with Gasteiger partial charge in [-0.25, -0.2) is 0 Å². The second kappa shape index (κ2) is 10.9. The number of aliphatic hydroxyl groups is 1. The first-order valence-corrected chi connectivity index (χ1v) is 13.5. The Bertz CT molecular complexity index is 1340. The number of rotatable bonds is 7. The summed E-state index contributed by atoms with van der Waals surface area (Å²) in [5.41, 5.74) is 3.68. The number of thioether (sulfide) groups is 1. The maximum atomic E-state index is 13.5. The van der Waals surface area contributed by atoms with Crippen LogP contribution in [-0.2, 0) is 11.3 Å². The highest BCUT2D eigenvalue weighted by Crippen LogP contribution is 2.35. The van der Waals surface area contributed by atoms with Crippen LogP contribution >= 0.6 is 11.8 Å². The Morgan fingerprint density at radius 2 is 1.92 bits per heavy atom. The number of hydrogen-bond donors (Lipinski definition) is 3. The number of carbonyl (C=O) groups is 2. The van der Waals surface area contributed by atoms with Gasteiger partial charge in [0, 0.05) is 58.4 Å².